The molecule has 1 unspecified atom stereocenters. The van der Waals surface area contributed by atoms with Crippen LogP contribution in [0.1, 0.15) is 22.8 Å². The molecule has 0 saturated carbocycles. The zero-order chi connectivity index (χ0) is 14.9. The number of aryl methyl sites for hydroxylation is 1. The maximum absolute atomic E-state index is 14.1. The summed E-state index contributed by atoms with van der Waals surface area (Å²) in [6.07, 6.45) is -1.10. The quantitative estimate of drug-likeness (QED) is 0.801. The molecule has 0 aliphatic heterocycles. The lowest BCUT2D eigenvalue weighted by Crippen LogP contribution is -2.05. The number of aliphatic hydroxyl groups excluding tert-OH is 1. The predicted molar refractivity (Wildman–Crippen MR) is 83.6 cm³/mol. The van der Waals surface area contributed by atoms with Crippen LogP contribution in [0, 0.1) is 12.7 Å². The van der Waals surface area contributed by atoms with Crippen molar-refractivity contribution in [3.8, 4) is 5.75 Å². The Balaban J connectivity index is 2.55. The highest BCUT2D eigenvalue weighted by Crippen LogP contribution is 2.36. The van der Waals surface area contributed by atoms with E-state index in [0.717, 1.165) is 10.0 Å². The Morgan fingerprint density at radius 2 is 1.85 bits per heavy atom. The molecule has 0 saturated heterocycles. The van der Waals surface area contributed by atoms with Crippen LogP contribution >= 0.6 is 31.9 Å². The molecule has 1 atom stereocenters. The summed E-state index contributed by atoms with van der Waals surface area (Å²) in [6, 6.07) is 8.38. The molecule has 0 aliphatic rings. The molecule has 0 aliphatic carbocycles. The van der Waals surface area contributed by atoms with Gasteiger partial charge in [-0.2, -0.15) is 0 Å². The van der Waals surface area contributed by atoms with Gasteiger partial charge in [0.2, 0.25) is 0 Å². The average Bonchev–Trinajstić information content (AvgIpc) is 2.43. The Kier molecular flexibility index (Phi) is 4.83. The average molecular weight is 404 g/mol. The van der Waals surface area contributed by atoms with E-state index in [4.69, 9.17) is 4.74 Å². The van der Waals surface area contributed by atoms with Gasteiger partial charge in [0.05, 0.1) is 11.6 Å². The molecular formula is C15H13Br2FO2. The fraction of sp³-hybridized carbons (Fsp3) is 0.200. The second kappa shape index (κ2) is 6.24. The molecule has 0 fully saturated rings. The Hall–Kier alpha value is -0.910. The lowest BCUT2D eigenvalue weighted by Gasteiger charge is -2.17. The lowest BCUT2D eigenvalue weighted by atomic mass is 9.99. The third-order valence-corrected chi connectivity index (χ3v) is 4.55. The molecule has 5 heteroatoms. The van der Waals surface area contributed by atoms with Crippen molar-refractivity contribution in [2.45, 2.75) is 13.0 Å². The van der Waals surface area contributed by atoms with E-state index in [1.807, 2.05) is 6.92 Å². The molecule has 0 heterocycles. The number of hydrogen-bond acceptors (Lipinski definition) is 2. The summed E-state index contributed by atoms with van der Waals surface area (Å²) in [6.45, 7) is 1.92. The van der Waals surface area contributed by atoms with E-state index in [-0.39, 0.29) is 5.56 Å². The molecule has 20 heavy (non-hydrogen) atoms. The molecule has 1 N–H and O–H groups in total. The summed E-state index contributed by atoms with van der Waals surface area (Å²) in [5, 5.41) is 10.5. The van der Waals surface area contributed by atoms with Crippen molar-refractivity contribution in [2.24, 2.45) is 0 Å². The third kappa shape index (κ3) is 2.90. The Morgan fingerprint density at radius 1 is 1.15 bits per heavy atom. The van der Waals surface area contributed by atoms with E-state index in [2.05, 4.69) is 31.9 Å². The normalized spacial score (nSPS) is 12.3. The van der Waals surface area contributed by atoms with Crippen molar-refractivity contribution in [1.82, 2.24) is 0 Å². The van der Waals surface area contributed by atoms with Crippen molar-refractivity contribution >= 4 is 31.9 Å². The topological polar surface area (TPSA) is 29.5 Å². The molecule has 0 aromatic heterocycles. The fourth-order valence-electron chi connectivity index (χ4n) is 1.96. The van der Waals surface area contributed by atoms with Gasteiger partial charge in [-0.05, 0) is 46.6 Å². The number of ether oxygens (including phenoxy) is 1. The van der Waals surface area contributed by atoms with E-state index in [0.29, 0.717) is 15.8 Å². The van der Waals surface area contributed by atoms with Crippen LogP contribution in [0.25, 0.3) is 0 Å². The first-order valence-corrected chi connectivity index (χ1v) is 7.50. The van der Waals surface area contributed by atoms with E-state index < -0.39 is 11.9 Å². The standard InChI is InChI=1S/C15H13Br2FO2/c1-8-6-13(20-2)10(7-12(8)17)15(19)9-4-3-5-11(16)14(9)18/h3-7,15,19H,1-2H3. The van der Waals surface area contributed by atoms with Crippen LogP contribution in [0.3, 0.4) is 0 Å². The number of methoxy groups -OCH3 is 1. The zero-order valence-electron chi connectivity index (χ0n) is 11.0. The molecule has 2 aromatic rings. The number of rotatable bonds is 3. The Bertz CT molecular complexity index is 644. The summed E-state index contributed by atoms with van der Waals surface area (Å²) < 4.78 is 20.5. The van der Waals surface area contributed by atoms with E-state index in [9.17, 15) is 9.50 Å². The van der Waals surface area contributed by atoms with Crippen LogP contribution in [0.4, 0.5) is 4.39 Å². The molecular weight excluding hydrogens is 391 g/mol. The minimum Gasteiger partial charge on any atom is -0.496 e. The third-order valence-electron chi connectivity index (χ3n) is 3.08. The minimum atomic E-state index is -1.10. The summed E-state index contributed by atoms with van der Waals surface area (Å²) in [7, 11) is 1.52. The highest BCUT2D eigenvalue weighted by atomic mass is 79.9. The molecule has 0 radical (unpaired) electrons. The highest BCUT2D eigenvalue weighted by molar-refractivity contribution is 9.10. The van der Waals surface area contributed by atoms with Crippen molar-refractivity contribution in [3.63, 3.8) is 0 Å². The van der Waals surface area contributed by atoms with Gasteiger partial charge in [-0.15, -0.1) is 0 Å². The first kappa shape index (κ1) is 15.5. The van der Waals surface area contributed by atoms with Crippen LogP contribution in [-0.2, 0) is 0 Å². The van der Waals surface area contributed by atoms with Gasteiger partial charge in [-0.25, -0.2) is 4.39 Å². The van der Waals surface area contributed by atoms with Crippen molar-refractivity contribution in [3.05, 3.63) is 61.8 Å². The number of benzene rings is 2. The fourth-order valence-corrected chi connectivity index (χ4v) is 2.70. The summed E-state index contributed by atoms with van der Waals surface area (Å²) in [5.41, 5.74) is 1.70. The van der Waals surface area contributed by atoms with Crippen LogP contribution in [-0.4, -0.2) is 12.2 Å². The lowest BCUT2D eigenvalue weighted by molar-refractivity contribution is 0.209. The molecule has 2 nitrogen and oxygen atoms in total. The largest absolute Gasteiger partial charge is 0.496 e. The van der Waals surface area contributed by atoms with Gasteiger partial charge in [-0.3, -0.25) is 0 Å². The monoisotopic (exact) mass is 402 g/mol. The first-order chi connectivity index (χ1) is 9.45. The van der Waals surface area contributed by atoms with Crippen LogP contribution in [0.5, 0.6) is 5.75 Å². The van der Waals surface area contributed by atoms with Crippen molar-refractivity contribution in [2.75, 3.05) is 7.11 Å². The van der Waals surface area contributed by atoms with Gasteiger partial charge in [0.15, 0.2) is 0 Å². The molecule has 106 valence electrons. The van der Waals surface area contributed by atoms with Gasteiger partial charge in [0.25, 0.3) is 0 Å². The Morgan fingerprint density at radius 3 is 2.50 bits per heavy atom. The summed E-state index contributed by atoms with van der Waals surface area (Å²) >= 11 is 6.54. The van der Waals surface area contributed by atoms with E-state index in [1.165, 1.54) is 7.11 Å². The Labute approximate surface area is 133 Å². The van der Waals surface area contributed by atoms with Crippen LogP contribution < -0.4 is 4.74 Å². The van der Waals surface area contributed by atoms with Gasteiger partial charge in [0.1, 0.15) is 17.7 Å². The zero-order valence-corrected chi connectivity index (χ0v) is 14.1. The molecule has 2 aromatic carbocycles. The number of halogens is 3. The van der Waals surface area contributed by atoms with E-state index >= 15 is 0 Å². The van der Waals surface area contributed by atoms with Crippen molar-refractivity contribution in [1.29, 1.82) is 0 Å². The molecule has 0 spiro atoms. The number of hydrogen-bond donors (Lipinski definition) is 1. The maximum Gasteiger partial charge on any atom is 0.143 e. The van der Waals surface area contributed by atoms with Gasteiger partial charge in [-0.1, -0.05) is 28.1 Å². The first-order valence-electron chi connectivity index (χ1n) is 5.91. The molecule has 2 rings (SSSR count). The molecule has 0 amide bonds. The smallest absolute Gasteiger partial charge is 0.143 e. The van der Waals surface area contributed by atoms with Gasteiger partial charge in [0, 0.05) is 15.6 Å². The van der Waals surface area contributed by atoms with Crippen molar-refractivity contribution < 1.29 is 14.2 Å². The second-order valence-corrected chi connectivity index (χ2v) is 6.10. The second-order valence-electron chi connectivity index (χ2n) is 4.39. The maximum atomic E-state index is 14.1. The SMILES string of the molecule is COc1cc(C)c(Br)cc1C(O)c1cccc(Br)c1F. The molecule has 0 bridgehead atoms. The predicted octanol–water partition coefficient (Wildman–Crippen LogP) is 4.75. The van der Waals surface area contributed by atoms with Gasteiger partial charge < -0.3 is 9.84 Å². The minimum absolute atomic E-state index is 0.202. The van der Waals surface area contributed by atoms with Crippen LogP contribution in [0.15, 0.2) is 39.3 Å². The number of aliphatic hydroxyl groups is 1. The van der Waals surface area contributed by atoms with Crippen LogP contribution in [0.2, 0.25) is 0 Å². The van der Waals surface area contributed by atoms with Gasteiger partial charge >= 0.3 is 0 Å². The summed E-state index contributed by atoms with van der Waals surface area (Å²) in [5.74, 6) is 0.0522. The summed E-state index contributed by atoms with van der Waals surface area (Å²) in [4.78, 5) is 0. The van der Waals surface area contributed by atoms with E-state index in [1.54, 1.807) is 30.3 Å². The highest BCUT2D eigenvalue weighted by Gasteiger charge is 2.21.